The van der Waals surface area contributed by atoms with Gasteiger partial charge in [-0.3, -0.25) is 9.78 Å². The number of rotatable bonds is 7. The van der Waals surface area contributed by atoms with Gasteiger partial charge in [-0.25, -0.2) is 9.97 Å². The number of pyridine rings is 3. The molecule has 174 valence electrons. The van der Waals surface area contributed by atoms with E-state index in [9.17, 15) is 10.1 Å². The lowest BCUT2D eigenvalue weighted by Gasteiger charge is -2.33. The molecule has 0 aromatic carbocycles. The highest BCUT2D eigenvalue weighted by Crippen LogP contribution is 2.26. The molecule has 9 heteroatoms. The number of hydrogen-bond donors (Lipinski definition) is 1. The minimum Gasteiger partial charge on any atom is -0.489 e. The van der Waals surface area contributed by atoms with E-state index in [4.69, 9.17) is 9.47 Å². The third-order valence-electron chi connectivity index (χ3n) is 5.70. The van der Waals surface area contributed by atoms with Crippen molar-refractivity contribution < 1.29 is 14.3 Å². The SMILES string of the molecule is COc1ccc(OC2CCN(c3nc(C#N)c(C(=O)NCc4ccncc4)cc3C)CC2)cn1. The Morgan fingerprint density at radius 2 is 2.00 bits per heavy atom. The second kappa shape index (κ2) is 10.6. The molecule has 1 fully saturated rings. The van der Waals surface area contributed by atoms with E-state index in [1.807, 2.05) is 25.1 Å². The van der Waals surface area contributed by atoms with E-state index in [0.717, 1.165) is 42.9 Å². The van der Waals surface area contributed by atoms with E-state index in [1.165, 1.54) is 0 Å². The summed E-state index contributed by atoms with van der Waals surface area (Å²) in [5, 5.41) is 12.5. The fourth-order valence-corrected chi connectivity index (χ4v) is 3.90. The fraction of sp³-hybridized carbons (Fsp3) is 0.320. The molecule has 9 nitrogen and oxygen atoms in total. The highest BCUT2D eigenvalue weighted by atomic mass is 16.5. The average Bonchev–Trinajstić information content (AvgIpc) is 2.88. The number of hydrogen-bond acceptors (Lipinski definition) is 8. The second-order valence-electron chi connectivity index (χ2n) is 8.02. The molecule has 1 aliphatic heterocycles. The molecular formula is C25H26N6O3. The maximum absolute atomic E-state index is 12.7. The van der Waals surface area contributed by atoms with Gasteiger partial charge in [0.25, 0.3) is 5.91 Å². The number of carbonyl (C=O) groups is 1. The van der Waals surface area contributed by atoms with Gasteiger partial charge in [-0.1, -0.05) is 0 Å². The number of carbonyl (C=O) groups excluding carboxylic acids is 1. The van der Waals surface area contributed by atoms with Gasteiger partial charge in [-0.05, 0) is 42.3 Å². The number of methoxy groups -OCH3 is 1. The highest BCUT2D eigenvalue weighted by molar-refractivity contribution is 5.96. The molecule has 4 rings (SSSR count). The number of nitrogens with zero attached hydrogens (tertiary/aromatic N) is 5. The molecule has 0 radical (unpaired) electrons. The zero-order chi connectivity index (χ0) is 23.9. The van der Waals surface area contributed by atoms with Crippen LogP contribution in [0.1, 0.15) is 40.0 Å². The van der Waals surface area contributed by atoms with Crippen LogP contribution in [0.15, 0.2) is 48.9 Å². The Hall–Kier alpha value is -4.19. The quantitative estimate of drug-likeness (QED) is 0.575. The molecule has 1 amide bonds. The van der Waals surface area contributed by atoms with Gasteiger partial charge in [0.2, 0.25) is 5.88 Å². The maximum Gasteiger partial charge on any atom is 0.254 e. The molecule has 3 aromatic heterocycles. The lowest BCUT2D eigenvalue weighted by Crippen LogP contribution is -2.39. The van der Waals surface area contributed by atoms with Crippen LogP contribution >= 0.6 is 0 Å². The van der Waals surface area contributed by atoms with E-state index in [2.05, 4.69) is 31.2 Å². The van der Waals surface area contributed by atoms with Crippen LogP contribution in [0, 0.1) is 18.3 Å². The number of nitriles is 1. The smallest absolute Gasteiger partial charge is 0.254 e. The first-order chi connectivity index (χ1) is 16.6. The van der Waals surface area contributed by atoms with E-state index in [0.29, 0.717) is 18.2 Å². The molecule has 1 aliphatic rings. The Morgan fingerprint density at radius 1 is 1.24 bits per heavy atom. The van der Waals surface area contributed by atoms with Gasteiger partial charge in [-0.2, -0.15) is 5.26 Å². The zero-order valence-electron chi connectivity index (χ0n) is 19.2. The lowest BCUT2D eigenvalue weighted by atomic mass is 10.1. The normalized spacial score (nSPS) is 13.7. The number of ether oxygens (including phenoxy) is 2. The van der Waals surface area contributed by atoms with E-state index in [-0.39, 0.29) is 23.3 Å². The summed E-state index contributed by atoms with van der Waals surface area (Å²) < 4.78 is 11.1. The predicted molar refractivity (Wildman–Crippen MR) is 126 cm³/mol. The van der Waals surface area contributed by atoms with Crippen LogP contribution in [0.3, 0.4) is 0 Å². The van der Waals surface area contributed by atoms with Gasteiger partial charge in [0.15, 0.2) is 5.69 Å². The van der Waals surface area contributed by atoms with Crippen LogP contribution < -0.4 is 19.7 Å². The summed E-state index contributed by atoms with van der Waals surface area (Å²) >= 11 is 0. The monoisotopic (exact) mass is 458 g/mol. The van der Waals surface area contributed by atoms with E-state index < -0.39 is 0 Å². The first-order valence-electron chi connectivity index (χ1n) is 11.1. The molecule has 34 heavy (non-hydrogen) atoms. The van der Waals surface area contributed by atoms with E-state index >= 15 is 0 Å². The first kappa shape index (κ1) is 23.0. The van der Waals surface area contributed by atoms with Gasteiger partial charge in [0.1, 0.15) is 23.7 Å². The van der Waals surface area contributed by atoms with Gasteiger partial charge < -0.3 is 19.7 Å². The van der Waals surface area contributed by atoms with Crippen LogP contribution in [0.4, 0.5) is 5.82 Å². The number of aromatic nitrogens is 3. The third kappa shape index (κ3) is 5.41. The summed E-state index contributed by atoms with van der Waals surface area (Å²) in [6.07, 6.45) is 6.69. The van der Waals surface area contributed by atoms with Crippen molar-refractivity contribution in [2.75, 3.05) is 25.1 Å². The second-order valence-corrected chi connectivity index (χ2v) is 8.02. The molecule has 4 heterocycles. The topological polar surface area (TPSA) is 113 Å². The summed E-state index contributed by atoms with van der Waals surface area (Å²) in [4.78, 5) is 27.6. The van der Waals surface area contributed by atoms with Crippen molar-refractivity contribution in [1.82, 2.24) is 20.3 Å². The Morgan fingerprint density at radius 3 is 2.65 bits per heavy atom. The van der Waals surface area contributed by atoms with Crippen molar-refractivity contribution >= 4 is 11.7 Å². The summed E-state index contributed by atoms with van der Waals surface area (Å²) in [6.45, 7) is 3.74. The number of nitrogens with one attached hydrogen (secondary N) is 1. The van der Waals surface area contributed by atoms with Crippen molar-refractivity contribution in [3.63, 3.8) is 0 Å². The maximum atomic E-state index is 12.7. The third-order valence-corrected chi connectivity index (χ3v) is 5.70. The molecular weight excluding hydrogens is 432 g/mol. The molecule has 0 bridgehead atoms. The van der Waals surface area contributed by atoms with Crippen LogP contribution in [-0.4, -0.2) is 47.2 Å². The Bertz CT molecular complexity index is 1170. The Labute approximate surface area is 198 Å². The molecule has 0 saturated carbocycles. The summed E-state index contributed by atoms with van der Waals surface area (Å²) in [6, 6.07) is 11.1. The molecule has 1 N–H and O–H groups in total. The Kier molecular flexibility index (Phi) is 7.18. The number of amides is 1. The molecule has 3 aromatic rings. The highest BCUT2D eigenvalue weighted by Gasteiger charge is 2.25. The standard InChI is InChI=1S/C25H26N6O3/c1-17-13-21(25(32)29-15-18-5-9-27-10-6-18)22(14-26)30-24(17)31-11-7-19(8-12-31)34-20-3-4-23(33-2)28-16-20/h3-6,9-10,13,16,19H,7-8,11-12,15H2,1-2H3,(H,29,32). The van der Waals surface area contributed by atoms with Crippen LogP contribution in [0.25, 0.3) is 0 Å². The first-order valence-corrected chi connectivity index (χ1v) is 11.1. The van der Waals surface area contributed by atoms with E-state index in [1.54, 1.807) is 37.8 Å². The van der Waals surface area contributed by atoms with Gasteiger partial charge >= 0.3 is 0 Å². The molecule has 1 saturated heterocycles. The average molecular weight is 459 g/mol. The number of piperidine rings is 1. The summed E-state index contributed by atoms with van der Waals surface area (Å²) in [7, 11) is 1.58. The molecule has 0 unspecified atom stereocenters. The van der Waals surface area contributed by atoms with Crippen molar-refractivity contribution in [3.8, 4) is 17.7 Å². The minimum absolute atomic E-state index is 0.0698. The molecule has 0 spiro atoms. The van der Waals surface area contributed by atoms with Crippen molar-refractivity contribution in [2.45, 2.75) is 32.4 Å². The number of aryl methyl sites for hydroxylation is 1. The van der Waals surface area contributed by atoms with Crippen molar-refractivity contribution in [3.05, 3.63) is 71.3 Å². The van der Waals surface area contributed by atoms with Crippen LogP contribution in [-0.2, 0) is 6.54 Å². The predicted octanol–water partition coefficient (Wildman–Crippen LogP) is 3.04. The Balaban J connectivity index is 1.39. The summed E-state index contributed by atoms with van der Waals surface area (Å²) in [5.74, 6) is 1.66. The van der Waals surface area contributed by atoms with Crippen molar-refractivity contribution in [1.29, 1.82) is 5.26 Å². The fourth-order valence-electron chi connectivity index (χ4n) is 3.90. The summed E-state index contributed by atoms with van der Waals surface area (Å²) in [5.41, 5.74) is 2.18. The molecule has 0 atom stereocenters. The lowest BCUT2D eigenvalue weighted by molar-refractivity contribution is 0.0950. The molecule has 0 aliphatic carbocycles. The van der Waals surface area contributed by atoms with Crippen molar-refractivity contribution in [2.24, 2.45) is 0 Å². The van der Waals surface area contributed by atoms with Gasteiger partial charge in [0.05, 0.1) is 18.9 Å². The van der Waals surface area contributed by atoms with Gasteiger partial charge in [-0.15, -0.1) is 0 Å². The minimum atomic E-state index is -0.323. The van der Waals surface area contributed by atoms with Crippen LogP contribution in [0.5, 0.6) is 11.6 Å². The number of anilines is 1. The van der Waals surface area contributed by atoms with Gasteiger partial charge in [0, 0.05) is 50.9 Å². The zero-order valence-corrected chi connectivity index (χ0v) is 19.2. The van der Waals surface area contributed by atoms with Crippen LogP contribution in [0.2, 0.25) is 0 Å². The largest absolute Gasteiger partial charge is 0.489 e.